The number of methoxy groups -OCH3 is 1. The summed E-state index contributed by atoms with van der Waals surface area (Å²) in [7, 11) is 1.64. The number of aromatic nitrogens is 2. The van der Waals surface area contributed by atoms with Crippen molar-refractivity contribution in [2.24, 2.45) is 0 Å². The second kappa shape index (κ2) is 4.28. The smallest absolute Gasteiger partial charge is 0.184 e. The molecule has 0 saturated heterocycles. The number of ether oxygens (including phenoxy) is 1. The Morgan fingerprint density at radius 2 is 1.90 bits per heavy atom. The summed E-state index contributed by atoms with van der Waals surface area (Å²) in [4.78, 5) is 11.6. The maximum atomic E-state index is 11.6. The zero-order valence-electron chi connectivity index (χ0n) is 11.3. The van der Waals surface area contributed by atoms with Gasteiger partial charge in [-0.05, 0) is 17.7 Å². The minimum atomic E-state index is -0.0828. The van der Waals surface area contributed by atoms with Gasteiger partial charge in [0.1, 0.15) is 17.6 Å². The van der Waals surface area contributed by atoms with Gasteiger partial charge in [0.05, 0.1) is 23.5 Å². The van der Waals surface area contributed by atoms with Crippen LogP contribution in [0.4, 0.5) is 0 Å². The lowest BCUT2D eigenvalue weighted by atomic mass is 10.0. The van der Waals surface area contributed by atoms with Crippen LogP contribution in [0.3, 0.4) is 0 Å². The fourth-order valence-corrected chi connectivity index (χ4v) is 2.60. The number of benzene rings is 2. The molecule has 104 valence electrons. The number of aromatic amines is 2. The third-order valence-electron chi connectivity index (χ3n) is 3.62. The molecule has 0 aliphatic carbocycles. The third-order valence-corrected chi connectivity index (χ3v) is 3.62. The fraction of sp³-hybridized carbons (Fsp3) is 0.0625. The van der Waals surface area contributed by atoms with Crippen LogP contribution >= 0.6 is 0 Å². The summed E-state index contributed by atoms with van der Waals surface area (Å²) in [6, 6.07) is 10.8. The van der Waals surface area contributed by atoms with Crippen LogP contribution in [0.1, 0.15) is 0 Å². The molecule has 0 saturated carbocycles. The highest BCUT2D eigenvalue weighted by Gasteiger charge is 2.13. The van der Waals surface area contributed by atoms with Crippen molar-refractivity contribution in [2.75, 3.05) is 7.11 Å². The van der Waals surface area contributed by atoms with E-state index in [4.69, 9.17) is 9.15 Å². The Balaban J connectivity index is 2.01. The molecule has 5 heteroatoms. The second-order valence-corrected chi connectivity index (χ2v) is 4.85. The Bertz CT molecular complexity index is 990. The SMILES string of the molecule is COc1ccc(-c2coc3cc(=O)cc4[nH][nH]c2c43)cc1. The topological polar surface area (TPSA) is 71.0 Å². The maximum absolute atomic E-state index is 11.6. The average Bonchev–Trinajstić information content (AvgIpc) is 2.93. The van der Waals surface area contributed by atoms with Crippen LogP contribution < -0.4 is 10.2 Å². The van der Waals surface area contributed by atoms with Crippen molar-refractivity contribution < 1.29 is 9.15 Å². The van der Waals surface area contributed by atoms with Gasteiger partial charge in [0.15, 0.2) is 5.43 Å². The Morgan fingerprint density at radius 3 is 2.67 bits per heavy atom. The van der Waals surface area contributed by atoms with Gasteiger partial charge in [-0.1, -0.05) is 12.1 Å². The van der Waals surface area contributed by atoms with E-state index in [0.717, 1.165) is 33.3 Å². The molecule has 0 aliphatic heterocycles. The van der Waals surface area contributed by atoms with Crippen LogP contribution in [-0.2, 0) is 0 Å². The van der Waals surface area contributed by atoms with Gasteiger partial charge in [0.25, 0.3) is 0 Å². The average molecular weight is 280 g/mol. The molecule has 0 radical (unpaired) electrons. The second-order valence-electron chi connectivity index (χ2n) is 4.85. The van der Waals surface area contributed by atoms with Crippen LogP contribution in [0.2, 0.25) is 0 Å². The zero-order valence-corrected chi connectivity index (χ0v) is 11.3. The first-order valence-electron chi connectivity index (χ1n) is 6.52. The van der Waals surface area contributed by atoms with E-state index in [9.17, 15) is 4.79 Å². The summed E-state index contributed by atoms with van der Waals surface area (Å²) >= 11 is 0. The summed E-state index contributed by atoms with van der Waals surface area (Å²) in [5, 5.41) is 7.02. The molecule has 5 nitrogen and oxygen atoms in total. The Morgan fingerprint density at radius 1 is 1.10 bits per heavy atom. The number of rotatable bonds is 2. The van der Waals surface area contributed by atoms with Crippen molar-refractivity contribution in [1.82, 2.24) is 10.2 Å². The summed E-state index contributed by atoms with van der Waals surface area (Å²) in [5.74, 6) is 0.802. The minimum absolute atomic E-state index is 0.0828. The zero-order chi connectivity index (χ0) is 14.4. The Kier molecular flexibility index (Phi) is 2.41. The van der Waals surface area contributed by atoms with Crippen molar-refractivity contribution >= 4 is 22.0 Å². The predicted molar refractivity (Wildman–Crippen MR) is 80.7 cm³/mol. The molecule has 2 N–H and O–H groups in total. The first-order valence-corrected chi connectivity index (χ1v) is 6.52. The molecule has 21 heavy (non-hydrogen) atoms. The normalized spacial score (nSPS) is 11.3. The summed E-state index contributed by atoms with van der Waals surface area (Å²) in [6.45, 7) is 0. The minimum Gasteiger partial charge on any atom is -0.497 e. The van der Waals surface area contributed by atoms with Gasteiger partial charge < -0.3 is 9.15 Å². The lowest BCUT2D eigenvalue weighted by molar-refractivity contribution is 0.415. The number of hydrogen-bond acceptors (Lipinski definition) is 3. The van der Waals surface area contributed by atoms with E-state index in [0.29, 0.717) is 5.58 Å². The van der Waals surface area contributed by atoms with Crippen LogP contribution in [0.5, 0.6) is 5.75 Å². The fourth-order valence-electron chi connectivity index (χ4n) is 2.60. The van der Waals surface area contributed by atoms with E-state index in [1.807, 2.05) is 24.3 Å². The quantitative estimate of drug-likeness (QED) is 0.592. The summed E-state index contributed by atoms with van der Waals surface area (Å²) in [5.41, 5.74) is 4.07. The molecule has 0 atom stereocenters. The first-order chi connectivity index (χ1) is 10.3. The molecule has 0 aliphatic rings. The lowest BCUT2D eigenvalue weighted by Gasteiger charge is -2.05. The van der Waals surface area contributed by atoms with E-state index in [2.05, 4.69) is 10.2 Å². The first kappa shape index (κ1) is 11.8. The molecule has 0 spiro atoms. The molecular formula is C16H12N2O3. The van der Waals surface area contributed by atoms with E-state index in [-0.39, 0.29) is 5.43 Å². The monoisotopic (exact) mass is 280 g/mol. The van der Waals surface area contributed by atoms with Crippen LogP contribution in [0.15, 0.2) is 51.9 Å². The molecule has 2 aromatic carbocycles. The molecule has 2 aromatic heterocycles. The summed E-state index contributed by atoms with van der Waals surface area (Å²) < 4.78 is 10.8. The van der Waals surface area contributed by atoms with Gasteiger partial charge in [-0.15, -0.1) is 0 Å². The van der Waals surface area contributed by atoms with Crippen LogP contribution in [-0.4, -0.2) is 17.3 Å². The van der Waals surface area contributed by atoms with Gasteiger partial charge in [0.2, 0.25) is 0 Å². The van der Waals surface area contributed by atoms with E-state index in [1.54, 1.807) is 19.4 Å². The molecule has 0 bridgehead atoms. The molecule has 0 unspecified atom stereocenters. The highest BCUT2D eigenvalue weighted by molar-refractivity contribution is 6.09. The highest BCUT2D eigenvalue weighted by atomic mass is 16.5. The molecule has 2 heterocycles. The number of hydrogen-bond donors (Lipinski definition) is 2. The van der Waals surface area contributed by atoms with Crippen molar-refractivity contribution in [3.05, 3.63) is 52.9 Å². The predicted octanol–water partition coefficient (Wildman–Crippen LogP) is 3.28. The van der Waals surface area contributed by atoms with Crippen molar-refractivity contribution in [3.63, 3.8) is 0 Å². The van der Waals surface area contributed by atoms with Crippen molar-refractivity contribution in [3.8, 4) is 16.9 Å². The van der Waals surface area contributed by atoms with Gasteiger partial charge in [-0.2, -0.15) is 0 Å². The Hall–Kier alpha value is -2.95. The molecule has 4 aromatic rings. The lowest BCUT2D eigenvalue weighted by Crippen LogP contribution is -1.95. The van der Waals surface area contributed by atoms with Gasteiger partial charge in [0, 0.05) is 17.7 Å². The number of nitrogens with one attached hydrogen (secondary N) is 2. The summed E-state index contributed by atoms with van der Waals surface area (Å²) in [6.07, 6.45) is 1.66. The van der Waals surface area contributed by atoms with Crippen LogP contribution in [0, 0.1) is 0 Å². The molecule has 4 rings (SSSR count). The third kappa shape index (κ3) is 1.74. The van der Waals surface area contributed by atoms with Gasteiger partial charge in [-0.25, -0.2) is 0 Å². The van der Waals surface area contributed by atoms with Gasteiger partial charge >= 0.3 is 0 Å². The van der Waals surface area contributed by atoms with E-state index < -0.39 is 0 Å². The molecule has 0 amide bonds. The molecule has 0 fully saturated rings. The van der Waals surface area contributed by atoms with Crippen LogP contribution in [0.25, 0.3) is 33.1 Å². The largest absolute Gasteiger partial charge is 0.497 e. The van der Waals surface area contributed by atoms with Gasteiger partial charge in [-0.3, -0.25) is 15.0 Å². The van der Waals surface area contributed by atoms with Crippen molar-refractivity contribution in [1.29, 1.82) is 0 Å². The maximum Gasteiger partial charge on any atom is 0.184 e. The molecular weight excluding hydrogens is 268 g/mol. The highest BCUT2D eigenvalue weighted by Crippen LogP contribution is 2.32. The Labute approximate surface area is 119 Å². The van der Waals surface area contributed by atoms with E-state index in [1.165, 1.54) is 6.07 Å². The standard InChI is InChI=1S/C16H12N2O3/c1-20-11-4-2-9(3-5-11)12-8-21-14-7-10(19)6-13-15(14)16(12)18-17-13/h2-8,17-18H,1H3. The van der Waals surface area contributed by atoms with E-state index >= 15 is 0 Å². The van der Waals surface area contributed by atoms with Crippen molar-refractivity contribution in [2.45, 2.75) is 0 Å². The number of H-pyrrole nitrogens is 2.